The lowest BCUT2D eigenvalue weighted by molar-refractivity contribution is -0.148. The van der Waals surface area contributed by atoms with Crippen LogP contribution in [-0.2, 0) is 23.9 Å². The number of methoxy groups -OCH3 is 1. The zero-order valence-corrected chi connectivity index (χ0v) is 16.9. The number of anilines is 1. The summed E-state index contributed by atoms with van der Waals surface area (Å²) in [5.74, 6) is -0.909. The second-order valence-corrected chi connectivity index (χ2v) is 7.76. The molecular formula is C15H17N5O7S2. The fourth-order valence-electron chi connectivity index (χ4n) is 2.79. The lowest BCUT2D eigenvalue weighted by Crippen LogP contribution is -2.70. The lowest BCUT2D eigenvalue weighted by Gasteiger charge is -2.49. The van der Waals surface area contributed by atoms with E-state index < -0.39 is 29.4 Å². The highest BCUT2D eigenvalue weighted by Crippen LogP contribution is 2.40. The van der Waals surface area contributed by atoms with Gasteiger partial charge in [0.1, 0.15) is 24.2 Å². The van der Waals surface area contributed by atoms with Crippen LogP contribution in [0.4, 0.5) is 9.93 Å². The van der Waals surface area contributed by atoms with E-state index in [0.29, 0.717) is 11.3 Å². The van der Waals surface area contributed by atoms with Crippen molar-refractivity contribution in [1.82, 2.24) is 15.2 Å². The first-order chi connectivity index (χ1) is 13.9. The number of amides is 2. The van der Waals surface area contributed by atoms with E-state index >= 15 is 0 Å². The number of nitrogens with zero attached hydrogens (tertiary/aromatic N) is 3. The number of thioether (sulfide) groups is 1. The Hall–Kier alpha value is -2.84. The topological polar surface area (TPSA) is 166 Å². The van der Waals surface area contributed by atoms with Crippen molar-refractivity contribution in [3.8, 4) is 0 Å². The Morgan fingerprint density at radius 3 is 2.83 bits per heavy atom. The minimum absolute atomic E-state index is 0.0864. The van der Waals surface area contributed by atoms with Gasteiger partial charge in [0.05, 0.1) is 6.61 Å². The molecule has 2 aliphatic heterocycles. The van der Waals surface area contributed by atoms with Crippen LogP contribution in [0.25, 0.3) is 0 Å². The number of nitrogen functional groups attached to an aromatic ring is 1. The Kier molecular flexibility index (Phi) is 6.24. The van der Waals surface area contributed by atoms with Gasteiger partial charge in [0, 0.05) is 23.8 Å². The van der Waals surface area contributed by atoms with Gasteiger partial charge in [-0.2, -0.15) is 0 Å². The fourth-order valence-corrected chi connectivity index (χ4v) is 4.64. The molecule has 0 spiro atoms. The van der Waals surface area contributed by atoms with E-state index in [9.17, 15) is 14.4 Å². The first kappa shape index (κ1) is 20.9. The Bertz CT molecular complexity index is 899. The SMILES string of the molecule is COCC1=C(OC(=O)O)N2C(=O)[C@@H](NC(=O)/C(=N\OC)c3csc(N)n3)[C@H]2SC1. The molecule has 1 saturated heterocycles. The molecular weight excluding hydrogens is 426 g/mol. The van der Waals surface area contributed by atoms with Crippen LogP contribution >= 0.6 is 23.1 Å². The average molecular weight is 443 g/mol. The van der Waals surface area contributed by atoms with E-state index in [1.807, 2.05) is 0 Å². The summed E-state index contributed by atoms with van der Waals surface area (Å²) in [6, 6.07) is -0.901. The Labute approximate surface area is 172 Å². The smallest absolute Gasteiger partial charge is 0.449 e. The summed E-state index contributed by atoms with van der Waals surface area (Å²) >= 11 is 2.47. The van der Waals surface area contributed by atoms with Gasteiger partial charge in [0.15, 0.2) is 10.8 Å². The van der Waals surface area contributed by atoms with Crippen molar-refractivity contribution in [3.63, 3.8) is 0 Å². The third kappa shape index (κ3) is 4.13. The number of thiazole rings is 1. The monoisotopic (exact) mass is 443 g/mol. The van der Waals surface area contributed by atoms with Crippen molar-refractivity contribution in [2.24, 2.45) is 5.16 Å². The molecule has 12 nitrogen and oxygen atoms in total. The van der Waals surface area contributed by atoms with E-state index in [2.05, 4.69) is 15.5 Å². The van der Waals surface area contributed by atoms with Crippen molar-refractivity contribution in [3.05, 3.63) is 22.5 Å². The molecule has 29 heavy (non-hydrogen) atoms. The molecule has 3 rings (SSSR count). The van der Waals surface area contributed by atoms with Gasteiger partial charge in [-0.1, -0.05) is 5.16 Å². The number of nitrogens with two attached hydrogens (primary N) is 1. The van der Waals surface area contributed by atoms with Crippen LogP contribution < -0.4 is 11.1 Å². The number of β-lactam (4-membered cyclic amide) rings is 1. The number of nitrogens with one attached hydrogen (secondary N) is 1. The molecule has 2 atom stereocenters. The number of fused-ring (bicyclic) bond motifs is 1. The molecule has 0 aliphatic carbocycles. The number of carbonyl (C=O) groups excluding carboxylic acids is 2. The molecule has 1 aromatic rings. The normalized spacial score (nSPS) is 21.4. The minimum atomic E-state index is -1.55. The number of ether oxygens (including phenoxy) is 2. The molecule has 14 heteroatoms. The fraction of sp³-hybridized carbons (Fsp3) is 0.400. The largest absolute Gasteiger partial charge is 0.512 e. The van der Waals surface area contributed by atoms with Crippen molar-refractivity contribution in [2.75, 3.05) is 32.3 Å². The maximum Gasteiger partial charge on any atom is 0.512 e. The van der Waals surface area contributed by atoms with Gasteiger partial charge < -0.3 is 30.5 Å². The van der Waals surface area contributed by atoms with Crippen LogP contribution in [0.2, 0.25) is 0 Å². The maximum absolute atomic E-state index is 12.7. The van der Waals surface area contributed by atoms with Crippen LogP contribution in [0.15, 0.2) is 22.0 Å². The highest BCUT2D eigenvalue weighted by molar-refractivity contribution is 8.00. The predicted octanol–water partition coefficient (Wildman–Crippen LogP) is 0.0283. The molecule has 0 aromatic carbocycles. The van der Waals surface area contributed by atoms with Crippen LogP contribution in [0.5, 0.6) is 0 Å². The molecule has 156 valence electrons. The quantitative estimate of drug-likeness (QED) is 0.226. The van der Waals surface area contributed by atoms with E-state index in [1.165, 1.54) is 36.3 Å². The van der Waals surface area contributed by atoms with Gasteiger partial charge in [0.2, 0.25) is 5.88 Å². The Morgan fingerprint density at radius 1 is 1.48 bits per heavy atom. The summed E-state index contributed by atoms with van der Waals surface area (Å²) in [7, 11) is 2.72. The van der Waals surface area contributed by atoms with E-state index in [-0.39, 0.29) is 29.0 Å². The predicted molar refractivity (Wildman–Crippen MR) is 103 cm³/mol. The van der Waals surface area contributed by atoms with Crippen molar-refractivity contribution in [2.45, 2.75) is 11.4 Å². The second-order valence-electron chi connectivity index (χ2n) is 5.76. The van der Waals surface area contributed by atoms with Gasteiger partial charge in [-0.25, -0.2) is 9.78 Å². The minimum Gasteiger partial charge on any atom is -0.449 e. The first-order valence-electron chi connectivity index (χ1n) is 8.07. The van der Waals surface area contributed by atoms with Crippen molar-refractivity contribution < 1.29 is 33.8 Å². The van der Waals surface area contributed by atoms with Crippen LogP contribution in [-0.4, -0.2) is 76.7 Å². The lowest BCUT2D eigenvalue weighted by atomic mass is 10.1. The van der Waals surface area contributed by atoms with E-state index in [4.69, 9.17) is 25.2 Å². The third-order valence-corrected chi connectivity index (χ3v) is 5.96. The van der Waals surface area contributed by atoms with Gasteiger partial charge in [0.25, 0.3) is 11.8 Å². The number of hydrogen-bond acceptors (Lipinski definition) is 11. The summed E-state index contributed by atoms with van der Waals surface area (Å²) in [5.41, 5.74) is 6.19. The second kappa shape index (κ2) is 8.67. The summed E-state index contributed by atoms with van der Waals surface area (Å²) in [6.07, 6.45) is -1.55. The Morgan fingerprint density at radius 2 is 2.24 bits per heavy atom. The summed E-state index contributed by atoms with van der Waals surface area (Å²) in [6.45, 7) is 0.110. The summed E-state index contributed by atoms with van der Waals surface area (Å²) in [4.78, 5) is 46.2. The molecule has 3 heterocycles. The summed E-state index contributed by atoms with van der Waals surface area (Å²) < 4.78 is 9.84. The highest BCUT2D eigenvalue weighted by Gasteiger charge is 2.54. The molecule has 0 radical (unpaired) electrons. The highest BCUT2D eigenvalue weighted by atomic mass is 32.2. The van der Waals surface area contributed by atoms with Gasteiger partial charge in [-0.15, -0.1) is 23.1 Å². The average Bonchev–Trinajstić information content (AvgIpc) is 3.10. The number of oxime groups is 1. The van der Waals surface area contributed by atoms with Crippen molar-refractivity contribution in [1.29, 1.82) is 0 Å². The van der Waals surface area contributed by atoms with Crippen LogP contribution in [0.3, 0.4) is 0 Å². The van der Waals surface area contributed by atoms with Gasteiger partial charge >= 0.3 is 6.16 Å². The third-order valence-electron chi connectivity index (χ3n) is 3.94. The first-order valence-corrected chi connectivity index (χ1v) is 10.00. The zero-order valence-electron chi connectivity index (χ0n) is 15.3. The molecule has 0 bridgehead atoms. The maximum atomic E-state index is 12.7. The molecule has 1 fully saturated rings. The number of carboxylic acid groups (broad SMARTS) is 1. The summed E-state index contributed by atoms with van der Waals surface area (Å²) in [5, 5.41) is 16.5. The van der Waals surface area contributed by atoms with E-state index in [0.717, 1.165) is 11.3 Å². The van der Waals surface area contributed by atoms with Gasteiger partial charge in [-0.05, 0) is 0 Å². The zero-order chi connectivity index (χ0) is 21.1. The van der Waals surface area contributed by atoms with E-state index in [1.54, 1.807) is 0 Å². The number of aromatic nitrogens is 1. The molecule has 2 amide bonds. The molecule has 0 saturated carbocycles. The Balaban J connectivity index is 1.77. The van der Waals surface area contributed by atoms with Crippen LogP contribution in [0, 0.1) is 0 Å². The molecule has 4 N–H and O–H groups in total. The van der Waals surface area contributed by atoms with Crippen LogP contribution in [0.1, 0.15) is 5.69 Å². The van der Waals surface area contributed by atoms with Gasteiger partial charge in [-0.3, -0.25) is 14.5 Å². The van der Waals surface area contributed by atoms with Crippen molar-refractivity contribution >= 4 is 51.9 Å². The molecule has 0 unspecified atom stereocenters. The standard InChI is InChI=1S/C15H17N5O7S2/c1-25-3-6-4-28-13-9(11(22)20(13)12(6)27-15(23)24)18-10(21)8(19-26-2)7-5-29-14(16)17-7/h5,9,13H,3-4H2,1-2H3,(H2,16,17)(H,18,21)(H,23,24)/b19-8-/t9-,13-/m1/s1. The molecule has 2 aliphatic rings. The number of rotatable bonds is 7. The number of carbonyl (C=O) groups is 3. The molecule has 1 aromatic heterocycles. The number of hydrogen-bond donors (Lipinski definition) is 3.